The number of halogens is 2. The zero-order chi connectivity index (χ0) is 14.5. The molecular formula is C10H15ClFN3O4S. The predicted molar refractivity (Wildman–Crippen MR) is 73.8 cm³/mol. The Kier molecular flexibility index (Phi) is 7.58. The highest BCUT2D eigenvalue weighted by molar-refractivity contribution is 7.89. The third-order valence-electron chi connectivity index (χ3n) is 2.34. The Balaban J connectivity index is 0.00000361. The van der Waals surface area contributed by atoms with Crippen LogP contribution in [-0.4, -0.2) is 26.4 Å². The number of nitrogens with one attached hydrogen (secondary N) is 1. The standard InChI is InChI=1S/C10H14FN3O4S.ClH/c11-8-4-3-5-9(10(8)14(15)16)19(17,18)13-7-2-1-6-12;/h3-5,13H,1-2,6-7,12H2;1H. The molecule has 0 unspecified atom stereocenters. The number of sulfonamides is 1. The van der Waals surface area contributed by atoms with Crippen LogP contribution in [0.4, 0.5) is 10.1 Å². The molecule has 10 heteroatoms. The molecule has 0 bridgehead atoms. The monoisotopic (exact) mass is 327 g/mol. The van der Waals surface area contributed by atoms with E-state index in [2.05, 4.69) is 4.72 Å². The van der Waals surface area contributed by atoms with E-state index in [1.54, 1.807) is 0 Å². The fraction of sp³-hybridized carbons (Fsp3) is 0.400. The van der Waals surface area contributed by atoms with Crippen LogP contribution in [0.25, 0.3) is 0 Å². The summed E-state index contributed by atoms with van der Waals surface area (Å²) in [6.45, 7) is 0.509. The number of unbranched alkanes of at least 4 members (excludes halogenated alkanes) is 1. The highest BCUT2D eigenvalue weighted by atomic mass is 35.5. The van der Waals surface area contributed by atoms with E-state index in [9.17, 15) is 22.9 Å². The summed E-state index contributed by atoms with van der Waals surface area (Å²) in [4.78, 5) is 8.99. The number of hydrogen-bond acceptors (Lipinski definition) is 5. The maximum atomic E-state index is 13.3. The molecule has 0 fully saturated rings. The normalized spacial score (nSPS) is 10.9. The molecule has 0 aliphatic carbocycles. The van der Waals surface area contributed by atoms with E-state index >= 15 is 0 Å². The van der Waals surface area contributed by atoms with Crippen molar-refractivity contribution in [3.05, 3.63) is 34.1 Å². The van der Waals surface area contributed by atoms with Gasteiger partial charge in [0.2, 0.25) is 15.8 Å². The zero-order valence-electron chi connectivity index (χ0n) is 10.4. The summed E-state index contributed by atoms with van der Waals surface area (Å²) >= 11 is 0. The average molecular weight is 328 g/mol. The largest absolute Gasteiger partial charge is 0.330 e. The van der Waals surface area contributed by atoms with E-state index in [1.807, 2.05) is 0 Å². The molecule has 0 amide bonds. The highest BCUT2D eigenvalue weighted by Gasteiger charge is 2.28. The van der Waals surface area contributed by atoms with Gasteiger partial charge < -0.3 is 5.73 Å². The predicted octanol–water partition coefficient (Wildman–Crippen LogP) is 1.17. The second kappa shape index (κ2) is 8.10. The van der Waals surface area contributed by atoms with Crippen molar-refractivity contribution < 1.29 is 17.7 Å². The first-order valence-electron chi connectivity index (χ1n) is 5.53. The molecule has 0 heterocycles. The van der Waals surface area contributed by atoms with Crippen LogP contribution in [0.2, 0.25) is 0 Å². The van der Waals surface area contributed by atoms with Crippen LogP contribution in [0.5, 0.6) is 0 Å². The second-order valence-corrected chi connectivity index (χ2v) is 5.47. The third-order valence-corrected chi connectivity index (χ3v) is 3.84. The Morgan fingerprint density at radius 3 is 2.55 bits per heavy atom. The lowest BCUT2D eigenvalue weighted by Crippen LogP contribution is -2.26. The van der Waals surface area contributed by atoms with Gasteiger partial charge in [0.1, 0.15) is 0 Å². The van der Waals surface area contributed by atoms with Crippen molar-refractivity contribution >= 4 is 28.1 Å². The number of nitrogens with two attached hydrogens (primary N) is 1. The van der Waals surface area contributed by atoms with Gasteiger partial charge in [-0.3, -0.25) is 10.1 Å². The molecule has 0 aliphatic rings. The van der Waals surface area contributed by atoms with Gasteiger partial charge in [-0.25, -0.2) is 13.1 Å². The van der Waals surface area contributed by atoms with Crippen LogP contribution in [0, 0.1) is 15.9 Å². The van der Waals surface area contributed by atoms with Gasteiger partial charge in [0.05, 0.1) is 4.92 Å². The Labute approximate surface area is 122 Å². The van der Waals surface area contributed by atoms with Crippen molar-refractivity contribution in [3.63, 3.8) is 0 Å². The van der Waals surface area contributed by atoms with Crippen molar-refractivity contribution in [1.29, 1.82) is 0 Å². The van der Waals surface area contributed by atoms with Crippen molar-refractivity contribution in [2.45, 2.75) is 17.7 Å². The fourth-order valence-electron chi connectivity index (χ4n) is 1.44. The van der Waals surface area contributed by atoms with Crippen molar-refractivity contribution in [2.24, 2.45) is 5.73 Å². The topological polar surface area (TPSA) is 115 Å². The number of nitrogens with zero attached hydrogens (tertiary/aromatic N) is 1. The van der Waals surface area contributed by atoms with Gasteiger partial charge >= 0.3 is 5.69 Å². The molecule has 0 radical (unpaired) electrons. The lowest BCUT2D eigenvalue weighted by molar-refractivity contribution is -0.390. The summed E-state index contributed by atoms with van der Waals surface area (Å²) in [5.74, 6) is -1.19. The third kappa shape index (κ3) is 4.67. The molecule has 1 rings (SSSR count). The molecule has 7 nitrogen and oxygen atoms in total. The Hall–Kier alpha value is -1.29. The summed E-state index contributed by atoms with van der Waals surface area (Å²) in [5, 5.41) is 10.7. The van der Waals surface area contributed by atoms with Gasteiger partial charge in [0.15, 0.2) is 4.90 Å². The Morgan fingerprint density at radius 2 is 2.00 bits per heavy atom. The number of nitro benzene ring substituents is 1. The number of para-hydroxylation sites is 1. The number of rotatable bonds is 7. The first kappa shape index (κ1) is 18.7. The molecule has 1 aromatic carbocycles. The van der Waals surface area contributed by atoms with Crippen LogP contribution >= 0.6 is 12.4 Å². The molecule has 3 N–H and O–H groups in total. The lowest BCUT2D eigenvalue weighted by atomic mass is 10.3. The van der Waals surface area contributed by atoms with E-state index in [-0.39, 0.29) is 19.0 Å². The van der Waals surface area contributed by atoms with E-state index < -0.39 is 31.3 Å². The van der Waals surface area contributed by atoms with Crippen molar-refractivity contribution in [2.75, 3.05) is 13.1 Å². The number of nitro groups is 1. The zero-order valence-corrected chi connectivity index (χ0v) is 12.0. The molecule has 0 atom stereocenters. The first-order valence-corrected chi connectivity index (χ1v) is 7.01. The summed E-state index contributed by atoms with van der Waals surface area (Å²) in [6, 6.07) is 2.94. The summed E-state index contributed by atoms with van der Waals surface area (Å²) in [7, 11) is -4.11. The molecule has 20 heavy (non-hydrogen) atoms. The summed E-state index contributed by atoms with van der Waals surface area (Å²) in [5.41, 5.74) is 4.21. The van der Waals surface area contributed by atoms with Gasteiger partial charge in [0.25, 0.3) is 0 Å². The molecule has 0 spiro atoms. The van der Waals surface area contributed by atoms with Gasteiger partial charge in [0, 0.05) is 6.54 Å². The van der Waals surface area contributed by atoms with E-state index in [1.165, 1.54) is 0 Å². The van der Waals surface area contributed by atoms with Gasteiger partial charge in [-0.05, 0) is 31.5 Å². The van der Waals surface area contributed by atoms with Gasteiger partial charge in [-0.2, -0.15) is 4.39 Å². The number of hydrogen-bond donors (Lipinski definition) is 2. The molecule has 0 saturated carbocycles. The Morgan fingerprint density at radius 1 is 1.35 bits per heavy atom. The van der Waals surface area contributed by atoms with Crippen LogP contribution in [0.3, 0.4) is 0 Å². The number of benzene rings is 1. The maximum Gasteiger partial charge on any atom is 0.324 e. The second-order valence-electron chi connectivity index (χ2n) is 3.74. The van der Waals surface area contributed by atoms with E-state index in [0.717, 1.165) is 18.2 Å². The fourth-order valence-corrected chi connectivity index (χ4v) is 2.70. The van der Waals surface area contributed by atoms with Crippen LogP contribution in [0.15, 0.2) is 23.1 Å². The summed E-state index contributed by atoms with van der Waals surface area (Å²) < 4.78 is 39.2. The van der Waals surface area contributed by atoms with E-state index in [0.29, 0.717) is 19.4 Å². The molecule has 0 aliphatic heterocycles. The van der Waals surface area contributed by atoms with Crippen molar-refractivity contribution in [3.8, 4) is 0 Å². The molecule has 114 valence electrons. The van der Waals surface area contributed by atoms with Crippen LogP contribution in [-0.2, 0) is 10.0 Å². The van der Waals surface area contributed by atoms with Crippen molar-refractivity contribution in [1.82, 2.24) is 4.72 Å². The van der Waals surface area contributed by atoms with Crippen LogP contribution < -0.4 is 10.5 Å². The van der Waals surface area contributed by atoms with E-state index in [4.69, 9.17) is 5.73 Å². The quantitative estimate of drug-likeness (QED) is 0.443. The smallest absolute Gasteiger partial charge is 0.324 e. The molecular weight excluding hydrogens is 313 g/mol. The highest BCUT2D eigenvalue weighted by Crippen LogP contribution is 2.26. The van der Waals surface area contributed by atoms with Gasteiger partial charge in [-0.1, -0.05) is 6.07 Å². The minimum atomic E-state index is -4.11. The average Bonchev–Trinajstić information content (AvgIpc) is 2.34. The summed E-state index contributed by atoms with van der Waals surface area (Å²) in [6.07, 6.45) is 1.12. The molecule has 1 aromatic rings. The minimum Gasteiger partial charge on any atom is -0.330 e. The van der Waals surface area contributed by atoms with Gasteiger partial charge in [-0.15, -0.1) is 12.4 Å². The van der Waals surface area contributed by atoms with Crippen LogP contribution in [0.1, 0.15) is 12.8 Å². The SMILES string of the molecule is Cl.NCCCCNS(=O)(=O)c1cccc(F)c1[N+](=O)[O-]. The molecule has 0 saturated heterocycles. The molecule has 0 aromatic heterocycles. The lowest BCUT2D eigenvalue weighted by Gasteiger charge is -2.07. The first-order chi connectivity index (χ1) is 8.90. The Bertz CT molecular complexity index is 568. The maximum absolute atomic E-state index is 13.3. The minimum absolute atomic E-state index is 0.